The molecular formula is C15H21ClO3. The molecule has 0 bridgehead atoms. The molecule has 106 valence electrons. The van der Waals surface area contributed by atoms with Crippen molar-refractivity contribution in [1.29, 1.82) is 0 Å². The smallest absolute Gasteiger partial charge is 0.162 e. The fourth-order valence-corrected chi connectivity index (χ4v) is 2.05. The lowest BCUT2D eigenvalue weighted by molar-refractivity contribution is -0.148. The maximum absolute atomic E-state index is 11.8. The number of Topliss-reactive ketones (excluding diaryl/α,β-unsaturated/α-hetero) is 1. The highest BCUT2D eigenvalue weighted by atomic mass is 35.5. The maximum atomic E-state index is 11.8. The summed E-state index contributed by atoms with van der Waals surface area (Å²) in [6.45, 7) is 4.07. The van der Waals surface area contributed by atoms with Crippen molar-refractivity contribution in [3.63, 3.8) is 0 Å². The first kappa shape index (κ1) is 16.2. The summed E-state index contributed by atoms with van der Waals surface area (Å²) in [5.74, 6) is 0.00362. The molecule has 19 heavy (non-hydrogen) atoms. The van der Waals surface area contributed by atoms with Gasteiger partial charge in [-0.05, 0) is 30.5 Å². The molecule has 1 aromatic carbocycles. The number of halogens is 1. The second-order valence-electron chi connectivity index (χ2n) is 4.58. The average molecular weight is 285 g/mol. The lowest BCUT2D eigenvalue weighted by Crippen LogP contribution is -2.21. The SMILES string of the molecule is CCCC(OC)OCC(=O)Cc1ccc(C)cc1Cl. The number of benzene rings is 1. The van der Waals surface area contributed by atoms with E-state index in [9.17, 15) is 4.79 Å². The number of hydrogen-bond donors (Lipinski definition) is 0. The Kier molecular flexibility index (Phi) is 7.06. The van der Waals surface area contributed by atoms with Crippen LogP contribution in [0.2, 0.25) is 5.02 Å². The molecule has 0 saturated heterocycles. The van der Waals surface area contributed by atoms with E-state index in [0.29, 0.717) is 11.4 Å². The summed E-state index contributed by atoms with van der Waals surface area (Å²) >= 11 is 6.10. The second-order valence-corrected chi connectivity index (χ2v) is 4.98. The third kappa shape index (κ3) is 5.72. The van der Waals surface area contributed by atoms with Gasteiger partial charge in [-0.25, -0.2) is 0 Å². The number of aryl methyl sites for hydroxylation is 1. The predicted molar refractivity (Wildman–Crippen MR) is 76.6 cm³/mol. The highest BCUT2D eigenvalue weighted by molar-refractivity contribution is 6.31. The van der Waals surface area contributed by atoms with Crippen molar-refractivity contribution in [2.45, 2.75) is 39.4 Å². The van der Waals surface area contributed by atoms with Gasteiger partial charge in [0, 0.05) is 18.6 Å². The van der Waals surface area contributed by atoms with E-state index in [1.54, 1.807) is 7.11 Å². The molecule has 1 aromatic rings. The highest BCUT2D eigenvalue weighted by Crippen LogP contribution is 2.18. The molecular weight excluding hydrogens is 264 g/mol. The number of hydrogen-bond acceptors (Lipinski definition) is 3. The second kappa shape index (κ2) is 8.31. The summed E-state index contributed by atoms with van der Waals surface area (Å²) in [4.78, 5) is 11.8. The summed E-state index contributed by atoms with van der Waals surface area (Å²) in [5.41, 5.74) is 1.92. The minimum atomic E-state index is -0.303. The number of rotatable bonds is 8. The van der Waals surface area contributed by atoms with Crippen molar-refractivity contribution in [1.82, 2.24) is 0 Å². The monoisotopic (exact) mass is 284 g/mol. The number of methoxy groups -OCH3 is 1. The standard InChI is InChI=1S/C15H21ClO3/c1-4-5-15(18-3)19-10-13(17)9-12-7-6-11(2)8-14(12)16/h6-8,15H,4-5,9-10H2,1-3H3. The Morgan fingerprint density at radius 2 is 2.16 bits per heavy atom. The molecule has 0 fully saturated rings. The van der Waals surface area contributed by atoms with Gasteiger partial charge in [-0.1, -0.05) is 37.1 Å². The van der Waals surface area contributed by atoms with E-state index in [1.165, 1.54) is 0 Å². The zero-order valence-corrected chi connectivity index (χ0v) is 12.5. The Bertz CT molecular complexity index is 418. The molecule has 4 heteroatoms. The van der Waals surface area contributed by atoms with Crippen LogP contribution in [0.4, 0.5) is 0 Å². The first-order chi connectivity index (χ1) is 9.06. The molecule has 1 rings (SSSR count). The Balaban J connectivity index is 2.46. The van der Waals surface area contributed by atoms with Gasteiger partial charge in [-0.2, -0.15) is 0 Å². The highest BCUT2D eigenvalue weighted by Gasteiger charge is 2.11. The van der Waals surface area contributed by atoms with Crippen LogP contribution in [0.5, 0.6) is 0 Å². The van der Waals surface area contributed by atoms with Gasteiger partial charge >= 0.3 is 0 Å². The maximum Gasteiger partial charge on any atom is 0.162 e. The molecule has 0 aromatic heterocycles. The minimum Gasteiger partial charge on any atom is -0.356 e. The summed E-state index contributed by atoms with van der Waals surface area (Å²) in [6.07, 6.45) is 1.73. The van der Waals surface area contributed by atoms with E-state index < -0.39 is 0 Å². The van der Waals surface area contributed by atoms with Gasteiger partial charge in [0.05, 0.1) is 0 Å². The minimum absolute atomic E-state index is 0.00362. The van der Waals surface area contributed by atoms with Crippen molar-refractivity contribution >= 4 is 17.4 Å². The molecule has 0 aliphatic carbocycles. The lowest BCUT2D eigenvalue weighted by Gasteiger charge is -2.14. The van der Waals surface area contributed by atoms with Crippen molar-refractivity contribution in [2.24, 2.45) is 0 Å². The molecule has 1 atom stereocenters. The summed E-state index contributed by atoms with van der Waals surface area (Å²) < 4.78 is 10.5. The molecule has 1 unspecified atom stereocenters. The molecule has 0 heterocycles. The Labute approximate surface area is 119 Å². The zero-order valence-electron chi connectivity index (χ0n) is 11.7. The van der Waals surface area contributed by atoms with E-state index in [-0.39, 0.29) is 18.7 Å². The number of carbonyl (C=O) groups excluding carboxylic acids is 1. The van der Waals surface area contributed by atoms with E-state index in [1.807, 2.05) is 32.0 Å². The van der Waals surface area contributed by atoms with Gasteiger partial charge in [0.25, 0.3) is 0 Å². The van der Waals surface area contributed by atoms with Gasteiger partial charge in [0.2, 0.25) is 0 Å². The van der Waals surface area contributed by atoms with E-state index >= 15 is 0 Å². The quantitative estimate of drug-likeness (QED) is 0.685. The van der Waals surface area contributed by atoms with Crippen LogP contribution < -0.4 is 0 Å². The molecule has 0 amide bonds. The molecule has 3 nitrogen and oxygen atoms in total. The largest absolute Gasteiger partial charge is 0.356 e. The van der Waals surface area contributed by atoms with E-state index in [4.69, 9.17) is 21.1 Å². The summed E-state index contributed by atoms with van der Waals surface area (Å²) in [6, 6.07) is 5.69. The van der Waals surface area contributed by atoms with Crippen LogP contribution >= 0.6 is 11.6 Å². The molecule has 0 saturated carbocycles. The molecule has 0 aliphatic heterocycles. The molecule has 0 radical (unpaired) electrons. The van der Waals surface area contributed by atoms with E-state index in [0.717, 1.165) is 24.0 Å². The third-order valence-electron chi connectivity index (χ3n) is 2.81. The fourth-order valence-electron chi connectivity index (χ4n) is 1.75. The predicted octanol–water partition coefficient (Wildman–Crippen LogP) is 3.55. The normalized spacial score (nSPS) is 12.4. The first-order valence-corrected chi connectivity index (χ1v) is 6.85. The third-order valence-corrected chi connectivity index (χ3v) is 3.17. The van der Waals surface area contributed by atoms with Gasteiger partial charge < -0.3 is 9.47 Å². The molecule has 0 N–H and O–H groups in total. The van der Waals surface area contributed by atoms with Crippen molar-refractivity contribution < 1.29 is 14.3 Å². The lowest BCUT2D eigenvalue weighted by atomic mass is 10.1. The van der Waals surface area contributed by atoms with Crippen molar-refractivity contribution in [3.05, 3.63) is 34.3 Å². The number of ketones is 1. The van der Waals surface area contributed by atoms with Crippen LogP contribution in [-0.2, 0) is 20.7 Å². The van der Waals surface area contributed by atoms with Crippen molar-refractivity contribution in [2.75, 3.05) is 13.7 Å². The molecule has 0 spiro atoms. The van der Waals surface area contributed by atoms with Crippen LogP contribution in [0.15, 0.2) is 18.2 Å². The van der Waals surface area contributed by atoms with Crippen LogP contribution in [0.1, 0.15) is 30.9 Å². The topological polar surface area (TPSA) is 35.5 Å². The first-order valence-electron chi connectivity index (χ1n) is 6.48. The Morgan fingerprint density at radius 1 is 1.42 bits per heavy atom. The van der Waals surface area contributed by atoms with Crippen LogP contribution in [0.25, 0.3) is 0 Å². The van der Waals surface area contributed by atoms with E-state index in [2.05, 4.69) is 0 Å². The fraction of sp³-hybridized carbons (Fsp3) is 0.533. The molecule has 0 aliphatic rings. The zero-order chi connectivity index (χ0) is 14.3. The Hall–Kier alpha value is -0.900. The Morgan fingerprint density at radius 3 is 2.74 bits per heavy atom. The number of carbonyl (C=O) groups is 1. The summed E-state index contributed by atoms with van der Waals surface area (Å²) in [5, 5.41) is 0.630. The number of ether oxygens (including phenoxy) is 2. The van der Waals surface area contributed by atoms with Gasteiger partial charge in [-0.15, -0.1) is 0 Å². The van der Waals surface area contributed by atoms with Crippen molar-refractivity contribution in [3.8, 4) is 0 Å². The summed E-state index contributed by atoms with van der Waals surface area (Å²) in [7, 11) is 1.58. The van der Waals surface area contributed by atoms with Crippen LogP contribution in [-0.4, -0.2) is 25.8 Å². The van der Waals surface area contributed by atoms with Gasteiger partial charge in [0.15, 0.2) is 12.1 Å². The average Bonchev–Trinajstić information content (AvgIpc) is 2.38. The van der Waals surface area contributed by atoms with Crippen LogP contribution in [0.3, 0.4) is 0 Å². The van der Waals surface area contributed by atoms with Gasteiger partial charge in [-0.3, -0.25) is 4.79 Å². The van der Waals surface area contributed by atoms with Crippen LogP contribution in [0, 0.1) is 6.92 Å². The van der Waals surface area contributed by atoms with Gasteiger partial charge in [0.1, 0.15) is 6.61 Å².